The molecule has 2 aliphatic rings. The van der Waals surface area contributed by atoms with Crippen LogP contribution in [0, 0.1) is 5.41 Å². The Morgan fingerprint density at radius 3 is 2.77 bits per heavy atom. The highest BCUT2D eigenvalue weighted by atomic mass is 16.5. The Bertz CT molecular complexity index is 753. The van der Waals surface area contributed by atoms with Crippen LogP contribution in [-0.4, -0.2) is 25.7 Å². The van der Waals surface area contributed by atoms with Gasteiger partial charge in [0.05, 0.1) is 6.42 Å². The normalized spacial score (nSPS) is 22.2. The largest absolute Gasteiger partial charge is 0.489 e. The van der Waals surface area contributed by atoms with Crippen LogP contribution in [0.2, 0.25) is 0 Å². The van der Waals surface area contributed by atoms with Crippen LogP contribution in [0.4, 0.5) is 0 Å². The van der Waals surface area contributed by atoms with Crippen molar-refractivity contribution in [2.24, 2.45) is 5.41 Å². The maximum absolute atomic E-state index is 12.5. The minimum absolute atomic E-state index is 0.0206. The molecule has 0 aromatic heterocycles. The van der Waals surface area contributed by atoms with Gasteiger partial charge in [-0.05, 0) is 61.3 Å². The Kier molecular flexibility index (Phi) is 7.16. The number of fused-ring (bicyclic) bond motifs is 3. The fourth-order valence-corrected chi connectivity index (χ4v) is 5.04. The maximum Gasteiger partial charge on any atom is 0.312 e. The number of rotatable bonds is 9. The number of hydrogen-bond donors (Lipinski definition) is 1. The van der Waals surface area contributed by atoms with Crippen LogP contribution in [0.15, 0.2) is 12.1 Å². The van der Waals surface area contributed by atoms with Gasteiger partial charge < -0.3 is 14.8 Å². The van der Waals surface area contributed by atoms with Gasteiger partial charge in [0.15, 0.2) is 0 Å². The van der Waals surface area contributed by atoms with E-state index in [0.29, 0.717) is 24.3 Å². The van der Waals surface area contributed by atoms with Crippen LogP contribution in [-0.2, 0) is 10.2 Å². The average molecular weight is 416 g/mol. The van der Waals surface area contributed by atoms with E-state index in [9.17, 15) is 4.79 Å². The molecule has 0 amide bonds. The van der Waals surface area contributed by atoms with E-state index >= 15 is 0 Å². The van der Waals surface area contributed by atoms with E-state index in [1.807, 2.05) is 7.05 Å². The van der Waals surface area contributed by atoms with Gasteiger partial charge in [0.2, 0.25) is 0 Å². The van der Waals surface area contributed by atoms with E-state index < -0.39 is 0 Å². The van der Waals surface area contributed by atoms with Gasteiger partial charge >= 0.3 is 5.97 Å². The van der Waals surface area contributed by atoms with E-state index in [1.54, 1.807) is 0 Å². The summed E-state index contributed by atoms with van der Waals surface area (Å²) in [5, 5.41) is 3.03. The molecule has 1 N–H and O–H groups in total. The molecule has 0 bridgehead atoms. The molecule has 1 aliphatic heterocycles. The van der Waals surface area contributed by atoms with Crippen LogP contribution in [0.25, 0.3) is 0 Å². The van der Waals surface area contributed by atoms with Gasteiger partial charge in [0.25, 0.3) is 0 Å². The molecule has 1 aromatic rings. The lowest BCUT2D eigenvalue weighted by Gasteiger charge is -2.36. The Morgan fingerprint density at radius 1 is 1.30 bits per heavy atom. The minimum Gasteiger partial charge on any atom is -0.489 e. The molecule has 1 saturated carbocycles. The zero-order valence-corrected chi connectivity index (χ0v) is 19.9. The zero-order chi connectivity index (χ0) is 21.9. The van der Waals surface area contributed by atoms with Gasteiger partial charge in [-0.15, -0.1) is 0 Å². The predicted molar refractivity (Wildman–Crippen MR) is 123 cm³/mol. The summed E-state index contributed by atoms with van der Waals surface area (Å²) < 4.78 is 12.5. The van der Waals surface area contributed by atoms with E-state index in [-0.39, 0.29) is 17.5 Å². The number of nitrogens with one attached hydrogen (secondary N) is 1. The van der Waals surface area contributed by atoms with Crippen LogP contribution in [0.5, 0.6) is 11.5 Å². The Morgan fingerprint density at radius 2 is 2.07 bits per heavy atom. The van der Waals surface area contributed by atoms with Crippen molar-refractivity contribution in [2.45, 2.75) is 103 Å². The molecule has 1 aromatic carbocycles. The van der Waals surface area contributed by atoms with E-state index in [0.717, 1.165) is 36.3 Å². The highest BCUT2D eigenvalue weighted by Crippen LogP contribution is 2.54. The Hall–Kier alpha value is -1.55. The summed E-state index contributed by atoms with van der Waals surface area (Å²) >= 11 is 0. The molecule has 0 saturated heterocycles. The van der Waals surface area contributed by atoms with Crippen molar-refractivity contribution < 1.29 is 14.3 Å². The second-order valence-electron chi connectivity index (χ2n) is 10.7. The predicted octanol–water partition coefficient (Wildman–Crippen LogP) is 6.11. The second kappa shape index (κ2) is 9.30. The molecule has 0 radical (unpaired) electrons. The van der Waals surface area contributed by atoms with E-state index in [2.05, 4.69) is 52.1 Å². The lowest BCUT2D eigenvalue weighted by Crippen LogP contribution is -2.32. The molecule has 4 nitrogen and oxygen atoms in total. The molecule has 168 valence electrons. The third-order valence-corrected chi connectivity index (χ3v) is 7.08. The van der Waals surface area contributed by atoms with Crippen molar-refractivity contribution in [1.82, 2.24) is 5.32 Å². The molecular formula is C26H41NO3. The second-order valence-corrected chi connectivity index (χ2v) is 10.7. The van der Waals surface area contributed by atoms with Crippen molar-refractivity contribution >= 4 is 5.97 Å². The molecule has 2 unspecified atom stereocenters. The molecular weight excluding hydrogens is 374 g/mol. The summed E-state index contributed by atoms with van der Waals surface area (Å²) in [6.07, 6.45) is 8.67. The highest BCUT2D eigenvalue weighted by Gasteiger charge is 2.44. The molecule has 2 atom stereocenters. The number of esters is 1. The summed E-state index contributed by atoms with van der Waals surface area (Å²) in [4.78, 5) is 12.5. The lowest BCUT2D eigenvalue weighted by molar-refractivity contribution is -0.134. The molecule has 1 fully saturated rings. The van der Waals surface area contributed by atoms with Crippen molar-refractivity contribution in [3.05, 3.63) is 23.3 Å². The Balaban J connectivity index is 1.93. The number of hydrogen-bond acceptors (Lipinski definition) is 4. The molecule has 3 rings (SSSR count). The standard InChI is InChI=1S/C26H41NO3/c1-7-8-9-12-26(4,5)18-15-20-24(21(16-18)30-23(28)11-14-27-6)19-10-13-25(2,3)17-22(19)29-20/h15-16,19,22,27H,7-14,17H2,1-6H3. The van der Waals surface area contributed by atoms with Gasteiger partial charge in [0, 0.05) is 18.0 Å². The average Bonchev–Trinajstić information content (AvgIpc) is 3.02. The SMILES string of the molecule is CCCCCC(C)(C)c1cc(OC(=O)CCNC)c2c(c1)OC1CC(C)(C)CCC21. The first-order chi connectivity index (χ1) is 14.2. The summed E-state index contributed by atoms with van der Waals surface area (Å²) in [6, 6.07) is 4.37. The van der Waals surface area contributed by atoms with Gasteiger partial charge in [-0.1, -0.05) is 53.9 Å². The van der Waals surface area contributed by atoms with Gasteiger partial charge in [-0.25, -0.2) is 0 Å². The van der Waals surface area contributed by atoms with Crippen molar-refractivity contribution in [3.63, 3.8) is 0 Å². The molecule has 1 heterocycles. The van der Waals surface area contributed by atoms with Crippen LogP contribution in [0.3, 0.4) is 0 Å². The van der Waals surface area contributed by atoms with Crippen molar-refractivity contribution in [3.8, 4) is 11.5 Å². The first-order valence-electron chi connectivity index (χ1n) is 11.9. The topological polar surface area (TPSA) is 47.6 Å². The number of carbonyl (C=O) groups excluding carboxylic acids is 1. The smallest absolute Gasteiger partial charge is 0.312 e. The summed E-state index contributed by atoms with van der Waals surface area (Å²) in [5.41, 5.74) is 2.66. The lowest BCUT2D eigenvalue weighted by atomic mass is 9.70. The highest BCUT2D eigenvalue weighted by molar-refractivity contribution is 5.74. The minimum atomic E-state index is -0.174. The third kappa shape index (κ3) is 5.19. The molecule has 1 aliphatic carbocycles. The van der Waals surface area contributed by atoms with Gasteiger partial charge in [0.1, 0.15) is 17.6 Å². The summed E-state index contributed by atoms with van der Waals surface area (Å²) in [6.45, 7) is 12.1. The number of ether oxygens (including phenoxy) is 2. The van der Waals surface area contributed by atoms with E-state index in [1.165, 1.54) is 31.2 Å². The summed E-state index contributed by atoms with van der Waals surface area (Å²) in [5.74, 6) is 1.84. The van der Waals surface area contributed by atoms with Gasteiger partial charge in [-0.3, -0.25) is 4.79 Å². The molecule has 4 heteroatoms. The zero-order valence-electron chi connectivity index (χ0n) is 19.9. The van der Waals surface area contributed by atoms with Crippen molar-refractivity contribution in [1.29, 1.82) is 0 Å². The fourth-order valence-electron chi connectivity index (χ4n) is 5.04. The molecule has 30 heavy (non-hydrogen) atoms. The fraction of sp³-hybridized carbons (Fsp3) is 0.731. The number of carbonyl (C=O) groups is 1. The molecule has 0 spiro atoms. The monoisotopic (exact) mass is 415 g/mol. The van der Waals surface area contributed by atoms with Crippen LogP contribution in [0.1, 0.15) is 103 Å². The van der Waals surface area contributed by atoms with E-state index in [4.69, 9.17) is 9.47 Å². The third-order valence-electron chi connectivity index (χ3n) is 7.08. The first kappa shape index (κ1) is 23.1. The van der Waals surface area contributed by atoms with Crippen molar-refractivity contribution in [2.75, 3.05) is 13.6 Å². The van der Waals surface area contributed by atoms with Crippen LogP contribution < -0.4 is 14.8 Å². The number of benzene rings is 1. The number of unbranched alkanes of at least 4 members (excludes halogenated alkanes) is 2. The Labute approximate surface area is 183 Å². The first-order valence-corrected chi connectivity index (χ1v) is 11.9. The van der Waals surface area contributed by atoms with Crippen LogP contribution >= 0.6 is 0 Å². The summed E-state index contributed by atoms with van der Waals surface area (Å²) in [7, 11) is 1.85. The van der Waals surface area contributed by atoms with Gasteiger partial charge in [-0.2, -0.15) is 0 Å². The quantitative estimate of drug-likeness (QED) is 0.300. The maximum atomic E-state index is 12.5.